The normalized spacial score (nSPS) is 14.4. The van der Waals surface area contributed by atoms with E-state index in [1.54, 1.807) is 6.20 Å². The Morgan fingerprint density at radius 2 is 1.52 bits per heavy atom. The van der Waals surface area contributed by atoms with Gasteiger partial charge < -0.3 is 15.1 Å². The first kappa shape index (κ1) is 22.8. The summed E-state index contributed by atoms with van der Waals surface area (Å²) in [6, 6.07) is 20.0. The van der Waals surface area contributed by atoms with E-state index in [0.717, 1.165) is 36.3 Å². The number of hydrogen-bond acceptors (Lipinski definition) is 6. The second kappa shape index (κ2) is 9.60. The smallest absolute Gasteiger partial charge is 0.255 e. The zero-order valence-corrected chi connectivity index (χ0v) is 19.5. The zero-order chi connectivity index (χ0) is 23.4. The number of amides is 1. The van der Waals surface area contributed by atoms with Gasteiger partial charge in [0.15, 0.2) is 0 Å². The molecular formula is C24H27N5O3S. The molecule has 2 heterocycles. The lowest BCUT2D eigenvalue weighted by atomic mass is 10.2. The summed E-state index contributed by atoms with van der Waals surface area (Å²) in [5.74, 6) is 0.550. The van der Waals surface area contributed by atoms with Crippen LogP contribution in [0.2, 0.25) is 0 Å². The van der Waals surface area contributed by atoms with Crippen LogP contribution < -0.4 is 15.1 Å². The summed E-state index contributed by atoms with van der Waals surface area (Å²) in [5.41, 5.74) is 2.18. The van der Waals surface area contributed by atoms with Crippen LogP contribution in [0.5, 0.6) is 0 Å². The molecule has 0 spiro atoms. The summed E-state index contributed by atoms with van der Waals surface area (Å²) in [4.78, 5) is 21.8. The third kappa shape index (κ3) is 5.15. The number of para-hydroxylation sites is 1. The Morgan fingerprint density at radius 1 is 0.879 bits per heavy atom. The third-order valence-corrected chi connectivity index (χ3v) is 7.46. The van der Waals surface area contributed by atoms with Crippen molar-refractivity contribution in [1.29, 1.82) is 0 Å². The van der Waals surface area contributed by atoms with Crippen LogP contribution in [0.15, 0.2) is 77.8 Å². The van der Waals surface area contributed by atoms with E-state index >= 15 is 0 Å². The molecule has 1 amide bonds. The first-order chi connectivity index (χ1) is 15.8. The molecule has 2 aromatic carbocycles. The average molecular weight is 466 g/mol. The van der Waals surface area contributed by atoms with Crippen molar-refractivity contribution < 1.29 is 13.2 Å². The molecule has 1 fully saturated rings. The summed E-state index contributed by atoms with van der Waals surface area (Å²) in [7, 11) is -0.593. The number of piperazine rings is 1. The van der Waals surface area contributed by atoms with Crippen molar-refractivity contribution in [2.45, 2.75) is 4.90 Å². The molecule has 1 aliphatic heterocycles. The van der Waals surface area contributed by atoms with E-state index < -0.39 is 10.0 Å². The molecule has 0 radical (unpaired) electrons. The van der Waals surface area contributed by atoms with Crippen molar-refractivity contribution >= 4 is 33.1 Å². The van der Waals surface area contributed by atoms with Crippen LogP contribution in [-0.4, -0.2) is 63.9 Å². The predicted molar refractivity (Wildman–Crippen MR) is 130 cm³/mol. The van der Waals surface area contributed by atoms with Crippen molar-refractivity contribution in [2.75, 3.05) is 55.4 Å². The Balaban J connectivity index is 1.35. The fourth-order valence-corrected chi connectivity index (χ4v) is 4.57. The van der Waals surface area contributed by atoms with Crippen molar-refractivity contribution in [3.8, 4) is 0 Å². The highest BCUT2D eigenvalue weighted by atomic mass is 32.2. The summed E-state index contributed by atoms with van der Waals surface area (Å²) >= 11 is 0. The van der Waals surface area contributed by atoms with Gasteiger partial charge in [-0.2, -0.15) is 0 Å². The highest BCUT2D eigenvalue weighted by molar-refractivity contribution is 7.89. The maximum atomic E-state index is 12.6. The van der Waals surface area contributed by atoms with Crippen molar-refractivity contribution in [1.82, 2.24) is 9.29 Å². The molecule has 1 N–H and O–H groups in total. The maximum Gasteiger partial charge on any atom is 0.255 e. The number of sulfonamides is 1. The van der Waals surface area contributed by atoms with Gasteiger partial charge in [0, 0.05) is 51.5 Å². The van der Waals surface area contributed by atoms with Gasteiger partial charge in [0.05, 0.1) is 16.8 Å². The molecule has 0 aliphatic carbocycles. The topological polar surface area (TPSA) is 85.8 Å². The molecule has 4 rings (SSSR count). The van der Waals surface area contributed by atoms with Gasteiger partial charge in [-0.15, -0.1) is 0 Å². The molecule has 33 heavy (non-hydrogen) atoms. The molecule has 0 unspecified atom stereocenters. The number of nitrogens with one attached hydrogen (secondary N) is 1. The van der Waals surface area contributed by atoms with Crippen LogP contribution in [0, 0.1) is 0 Å². The Hall–Kier alpha value is -3.43. The van der Waals surface area contributed by atoms with E-state index in [1.165, 1.54) is 44.0 Å². The predicted octanol–water partition coefficient (Wildman–Crippen LogP) is 2.91. The highest BCUT2D eigenvalue weighted by Crippen LogP contribution is 2.20. The number of anilines is 3. The van der Waals surface area contributed by atoms with Crippen LogP contribution in [-0.2, 0) is 10.0 Å². The van der Waals surface area contributed by atoms with Crippen LogP contribution in [0.25, 0.3) is 0 Å². The fraction of sp³-hybridized carbons (Fsp3) is 0.250. The van der Waals surface area contributed by atoms with Gasteiger partial charge in [-0.05, 0) is 48.5 Å². The number of pyridine rings is 1. The Morgan fingerprint density at radius 3 is 2.09 bits per heavy atom. The largest absolute Gasteiger partial charge is 0.368 e. The van der Waals surface area contributed by atoms with Gasteiger partial charge in [0.1, 0.15) is 5.82 Å². The number of aromatic nitrogens is 1. The monoisotopic (exact) mass is 465 g/mol. The van der Waals surface area contributed by atoms with Crippen LogP contribution >= 0.6 is 0 Å². The van der Waals surface area contributed by atoms with Crippen molar-refractivity contribution in [3.63, 3.8) is 0 Å². The van der Waals surface area contributed by atoms with Crippen LogP contribution in [0.4, 0.5) is 17.2 Å². The number of carbonyl (C=O) groups excluding carboxylic acids is 1. The van der Waals surface area contributed by atoms with Gasteiger partial charge >= 0.3 is 0 Å². The number of hydrogen-bond donors (Lipinski definition) is 1. The molecule has 1 aliphatic rings. The SMILES string of the molecule is CN(C)S(=O)(=O)c1ccc(C(=O)Nc2ccc(N3CCN(c4ccccc4)CC3)nc2)cc1. The van der Waals surface area contributed by atoms with Crippen LogP contribution in [0.1, 0.15) is 10.4 Å². The minimum atomic E-state index is -3.53. The molecular weight excluding hydrogens is 438 g/mol. The number of rotatable bonds is 6. The van der Waals surface area contributed by atoms with E-state index in [2.05, 4.69) is 44.4 Å². The Kier molecular flexibility index (Phi) is 6.62. The molecule has 8 nitrogen and oxygen atoms in total. The van der Waals surface area contributed by atoms with Gasteiger partial charge in [0.25, 0.3) is 5.91 Å². The second-order valence-electron chi connectivity index (χ2n) is 7.98. The Bertz CT molecular complexity index is 1190. The van der Waals surface area contributed by atoms with E-state index in [0.29, 0.717) is 11.3 Å². The second-order valence-corrected chi connectivity index (χ2v) is 10.1. The first-order valence-electron chi connectivity index (χ1n) is 10.7. The molecule has 1 saturated heterocycles. The Labute approximate surface area is 194 Å². The number of nitrogens with zero attached hydrogens (tertiary/aromatic N) is 4. The summed E-state index contributed by atoms with van der Waals surface area (Å²) in [5, 5.41) is 2.81. The van der Waals surface area contributed by atoms with E-state index in [1.807, 2.05) is 18.2 Å². The van der Waals surface area contributed by atoms with E-state index in [4.69, 9.17) is 0 Å². The lowest BCUT2D eigenvalue weighted by Crippen LogP contribution is -2.46. The maximum absolute atomic E-state index is 12.6. The minimum Gasteiger partial charge on any atom is -0.368 e. The van der Waals surface area contributed by atoms with Crippen LogP contribution in [0.3, 0.4) is 0 Å². The first-order valence-corrected chi connectivity index (χ1v) is 12.1. The summed E-state index contributed by atoms with van der Waals surface area (Å²) in [6.07, 6.45) is 1.64. The molecule has 3 aromatic rings. The molecule has 0 bridgehead atoms. The quantitative estimate of drug-likeness (QED) is 0.603. The number of carbonyl (C=O) groups is 1. The molecule has 0 atom stereocenters. The van der Waals surface area contributed by atoms with Gasteiger partial charge in [-0.25, -0.2) is 17.7 Å². The summed E-state index contributed by atoms with van der Waals surface area (Å²) in [6.45, 7) is 3.58. The van der Waals surface area contributed by atoms with Gasteiger partial charge in [0.2, 0.25) is 10.0 Å². The number of benzene rings is 2. The van der Waals surface area contributed by atoms with Crippen molar-refractivity contribution in [3.05, 3.63) is 78.5 Å². The lowest BCUT2D eigenvalue weighted by Gasteiger charge is -2.36. The lowest BCUT2D eigenvalue weighted by molar-refractivity contribution is 0.102. The molecule has 172 valence electrons. The fourth-order valence-electron chi connectivity index (χ4n) is 3.67. The van der Waals surface area contributed by atoms with E-state index in [9.17, 15) is 13.2 Å². The molecule has 9 heteroatoms. The minimum absolute atomic E-state index is 0.141. The van der Waals surface area contributed by atoms with Gasteiger partial charge in [-0.1, -0.05) is 18.2 Å². The molecule has 0 saturated carbocycles. The highest BCUT2D eigenvalue weighted by Gasteiger charge is 2.19. The molecule has 1 aromatic heterocycles. The van der Waals surface area contributed by atoms with Crippen molar-refractivity contribution in [2.24, 2.45) is 0 Å². The summed E-state index contributed by atoms with van der Waals surface area (Å²) < 4.78 is 25.5. The van der Waals surface area contributed by atoms with Gasteiger partial charge in [-0.3, -0.25) is 4.79 Å². The van der Waals surface area contributed by atoms with E-state index in [-0.39, 0.29) is 10.8 Å². The zero-order valence-electron chi connectivity index (χ0n) is 18.7. The standard InChI is InChI=1S/C24H27N5O3S/c1-27(2)33(31,32)22-11-8-19(9-12-22)24(30)26-20-10-13-23(25-18-20)29-16-14-28(15-17-29)21-6-4-3-5-7-21/h3-13,18H,14-17H2,1-2H3,(H,26,30). The average Bonchev–Trinajstić information content (AvgIpc) is 2.85. The third-order valence-electron chi connectivity index (χ3n) is 5.63.